The van der Waals surface area contributed by atoms with Gasteiger partial charge in [0, 0.05) is 12.1 Å². The number of nitrogen functional groups attached to an aromatic ring is 1. The largest absolute Gasteiger partial charge is 0.459 e. The minimum atomic E-state index is -0.888. The van der Waals surface area contributed by atoms with E-state index in [2.05, 4.69) is 5.32 Å². The van der Waals surface area contributed by atoms with Crippen LogP contribution in [-0.4, -0.2) is 18.1 Å². The number of alkyl carbamates (subject to hydrolysis) is 1. The third-order valence-corrected chi connectivity index (χ3v) is 4.43. The SMILES string of the molecule is Nc1ccc(CC(NC(=O)OCc2ccccc2)C(=O)OCc2ccccc2)cc1. The fourth-order valence-corrected chi connectivity index (χ4v) is 2.82. The highest BCUT2D eigenvalue weighted by Gasteiger charge is 2.23. The monoisotopic (exact) mass is 404 g/mol. The van der Waals surface area contributed by atoms with Crippen LogP contribution in [0.3, 0.4) is 0 Å². The fraction of sp³-hybridized carbons (Fsp3) is 0.167. The second-order valence-corrected chi connectivity index (χ2v) is 6.80. The number of nitrogens with two attached hydrogens (primary N) is 1. The predicted octanol–water partition coefficient (Wildman–Crippen LogP) is 3.85. The lowest BCUT2D eigenvalue weighted by molar-refractivity contribution is -0.147. The Labute approximate surface area is 175 Å². The third-order valence-electron chi connectivity index (χ3n) is 4.43. The van der Waals surface area contributed by atoms with Crippen LogP contribution >= 0.6 is 0 Å². The number of amides is 1. The molecule has 0 aromatic heterocycles. The van der Waals surface area contributed by atoms with Crippen LogP contribution in [0.4, 0.5) is 10.5 Å². The van der Waals surface area contributed by atoms with E-state index in [-0.39, 0.29) is 19.6 Å². The maximum Gasteiger partial charge on any atom is 0.408 e. The summed E-state index contributed by atoms with van der Waals surface area (Å²) in [6.07, 6.45) is -0.426. The Morgan fingerprint density at radius 2 is 1.27 bits per heavy atom. The number of hydrogen-bond donors (Lipinski definition) is 2. The molecule has 0 saturated heterocycles. The molecule has 0 fully saturated rings. The average molecular weight is 404 g/mol. The smallest absolute Gasteiger partial charge is 0.408 e. The van der Waals surface area contributed by atoms with Crippen LogP contribution in [0.15, 0.2) is 84.9 Å². The van der Waals surface area contributed by atoms with Crippen LogP contribution in [-0.2, 0) is 33.9 Å². The highest BCUT2D eigenvalue weighted by atomic mass is 16.6. The molecule has 1 atom stereocenters. The molecule has 154 valence electrons. The summed E-state index contributed by atoms with van der Waals surface area (Å²) in [6.45, 7) is 0.235. The van der Waals surface area contributed by atoms with E-state index in [1.807, 2.05) is 72.8 Å². The minimum absolute atomic E-state index is 0.111. The van der Waals surface area contributed by atoms with Crippen LogP contribution in [0.1, 0.15) is 16.7 Å². The Morgan fingerprint density at radius 3 is 1.83 bits per heavy atom. The van der Waals surface area contributed by atoms with Crippen molar-refractivity contribution < 1.29 is 19.1 Å². The number of ether oxygens (including phenoxy) is 2. The van der Waals surface area contributed by atoms with Crippen molar-refractivity contribution in [2.75, 3.05) is 5.73 Å². The van der Waals surface area contributed by atoms with E-state index in [1.54, 1.807) is 12.1 Å². The maximum absolute atomic E-state index is 12.7. The first-order valence-electron chi connectivity index (χ1n) is 9.62. The highest BCUT2D eigenvalue weighted by Crippen LogP contribution is 2.11. The number of carbonyl (C=O) groups excluding carboxylic acids is 2. The molecule has 0 bridgehead atoms. The number of carbonyl (C=O) groups is 2. The van der Waals surface area contributed by atoms with Gasteiger partial charge in [-0.25, -0.2) is 9.59 Å². The number of esters is 1. The van der Waals surface area contributed by atoms with Crippen molar-refractivity contribution in [1.29, 1.82) is 0 Å². The van der Waals surface area contributed by atoms with E-state index in [0.29, 0.717) is 5.69 Å². The second kappa shape index (κ2) is 10.7. The Morgan fingerprint density at radius 1 is 0.733 bits per heavy atom. The van der Waals surface area contributed by atoms with Crippen molar-refractivity contribution in [2.45, 2.75) is 25.7 Å². The van der Waals surface area contributed by atoms with E-state index < -0.39 is 18.1 Å². The van der Waals surface area contributed by atoms with Crippen LogP contribution in [0, 0.1) is 0 Å². The van der Waals surface area contributed by atoms with E-state index in [1.165, 1.54) is 0 Å². The molecule has 6 nitrogen and oxygen atoms in total. The highest BCUT2D eigenvalue weighted by molar-refractivity contribution is 5.81. The first-order valence-corrected chi connectivity index (χ1v) is 9.62. The van der Waals surface area contributed by atoms with Gasteiger partial charge in [0.25, 0.3) is 0 Å². The summed E-state index contributed by atoms with van der Waals surface area (Å²) in [5.41, 5.74) is 8.91. The quantitative estimate of drug-likeness (QED) is 0.440. The molecule has 6 heteroatoms. The molecule has 3 rings (SSSR count). The molecule has 0 aliphatic heterocycles. The first kappa shape index (κ1) is 20.9. The number of benzene rings is 3. The number of anilines is 1. The van der Waals surface area contributed by atoms with Crippen LogP contribution in [0.25, 0.3) is 0 Å². The average Bonchev–Trinajstić information content (AvgIpc) is 2.78. The van der Waals surface area contributed by atoms with Gasteiger partial charge in [0.05, 0.1) is 0 Å². The van der Waals surface area contributed by atoms with Gasteiger partial charge in [0.2, 0.25) is 0 Å². The van der Waals surface area contributed by atoms with Crippen molar-refractivity contribution in [3.8, 4) is 0 Å². The lowest BCUT2D eigenvalue weighted by atomic mass is 10.1. The number of hydrogen-bond acceptors (Lipinski definition) is 5. The van der Waals surface area contributed by atoms with E-state index in [4.69, 9.17) is 15.2 Å². The van der Waals surface area contributed by atoms with Gasteiger partial charge >= 0.3 is 12.1 Å². The zero-order valence-electron chi connectivity index (χ0n) is 16.5. The van der Waals surface area contributed by atoms with Crippen molar-refractivity contribution in [2.24, 2.45) is 0 Å². The third kappa shape index (κ3) is 6.67. The number of nitrogens with one attached hydrogen (secondary N) is 1. The molecule has 1 unspecified atom stereocenters. The second-order valence-electron chi connectivity index (χ2n) is 6.80. The molecule has 0 heterocycles. The van der Waals surface area contributed by atoms with Crippen LogP contribution in [0.5, 0.6) is 0 Å². The van der Waals surface area contributed by atoms with Crippen molar-refractivity contribution >= 4 is 17.7 Å². The van der Waals surface area contributed by atoms with E-state index in [0.717, 1.165) is 16.7 Å². The maximum atomic E-state index is 12.7. The zero-order chi connectivity index (χ0) is 21.2. The Balaban J connectivity index is 1.62. The molecule has 3 aromatic rings. The van der Waals surface area contributed by atoms with Gasteiger partial charge in [-0.3, -0.25) is 0 Å². The van der Waals surface area contributed by atoms with Gasteiger partial charge in [0.15, 0.2) is 0 Å². The molecule has 0 aliphatic carbocycles. The first-order chi connectivity index (χ1) is 14.6. The van der Waals surface area contributed by atoms with E-state index >= 15 is 0 Å². The van der Waals surface area contributed by atoms with Gasteiger partial charge in [-0.1, -0.05) is 72.8 Å². The normalized spacial score (nSPS) is 11.3. The summed E-state index contributed by atoms with van der Waals surface area (Å²) in [5, 5.41) is 2.62. The molecular weight excluding hydrogens is 380 g/mol. The van der Waals surface area contributed by atoms with Crippen molar-refractivity contribution in [3.05, 3.63) is 102 Å². The lowest BCUT2D eigenvalue weighted by Crippen LogP contribution is -2.43. The van der Waals surface area contributed by atoms with Crippen molar-refractivity contribution in [1.82, 2.24) is 5.32 Å². The Hall–Kier alpha value is -3.80. The summed E-state index contributed by atoms with van der Waals surface area (Å²) in [5.74, 6) is -0.535. The summed E-state index contributed by atoms with van der Waals surface area (Å²) in [6, 6.07) is 24.9. The molecule has 30 heavy (non-hydrogen) atoms. The molecule has 3 N–H and O–H groups in total. The molecule has 0 saturated carbocycles. The van der Waals surface area contributed by atoms with Gasteiger partial charge in [0.1, 0.15) is 19.3 Å². The number of rotatable bonds is 8. The van der Waals surface area contributed by atoms with Crippen LogP contribution < -0.4 is 11.1 Å². The summed E-state index contributed by atoms with van der Waals surface area (Å²) < 4.78 is 10.7. The molecule has 3 aromatic carbocycles. The van der Waals surface area contributed by atoms with E-state index in [9.17, 15) is 9.59 Å². The molecular formula is C24H24N2O4. The molecule has 1 amide bonds. The van der Waals surface area contributed by atoms with Gasteiger partial charge in [-0.05, 0) is 28.8 Å². The van der Waals surface area contributed by atoms with Gasteiger partial charge < -0.3 is 20.5 Å². The fourth-order valence-electron chi connectivity index (χ4n) is 2.82. The lowest BCUT2D eigenvalue weighted by Gasteiger charge is -2.18. The van der Waals surface area contributed by atoms with Crippen LogP contribution in [0.2, 0.25) is 0 Å². The Bertz CT molecular complexity index is 944. The zero-order valence-corrected chi connectivity index (χ0v) is 16.5. The summed E-state index contributed by atoms with van der Waals surface area (Å²) in [7, 11) is 0. The molecule has 0 radical (unpaired) electrons. The summed E-state index contributed by atoms with van der Waals surface area (Å²) in [4.78, 5) is 25.0. The standard InChI is InChI=1S/C24H24N2O4/c25-21-13-11-18(12-14-21)15-22(23(27)29-16-19-7-3-1-4-8-19)26-24(28)30-17-20-9-5-2-6-10-20/h1-14,22H,15-17,25H2,(H,26,28). The van der Waals surface area contributed by atoms with Gasteiger partial charge in [-0.15, -0.1) is 0 Å². The molecule has 0 aliphatic rings. The predicted molar refractivity (Wildman–Crippen MR) is 114 cm³/mol. The summed E-state index contributed by atoms with van der Waals surface area (Å²) >= 11 is 0. The van der Waals surface area contributed by atoms with Gasteiger partial charge in [-0.2, -0.15) is 0 Å². The van der Waals surface area contributed by atoms with Crippen molar-refractivity contribution in [3.63, 3.8) is 0 Å². The molecule has 0 spiro atoms. The topological polar surface area (TPSA) is 90.6 Å². The Kier molecular flexibility index (Phi) is 7.44. The minimum Gasteiger partial charge on any atom is -0.459 e.